The molecule has 1 aliphatic rings. The number of esters is 1. The molecule has 1 aromatic carbocycles. The molecule has 2 aromatic heterocycles. The van der Waals surface area contributed by atoms with Crippen LogP contribution in [0.2, 0.25) is 0 Å². The van der Waals surface area contributed by atoms with E-state index in [0.29, 0.717) is 11.3 Å². The molecule has 5 heteroatoms. The average molecular weight is 348 g/mol. The van der Waals surface area contributed by atoms with Gasteiger partial charge < -0.3 is 9.72 Å². The summed E-state index contributed by atoms with van der Waals surface area (Å²) in [7, 11) is 0. The molecule has 0 atom stereocenters. The largest absolute Gasteiger partial charge is 0.454 e. The zero-order chi connectivity index (χ0) is 17.9. The summed E-state index contributed by atoms with van der Waals surface area (Å²) in [6, 6.07) is 11.0. The van der Waals surface area contributed by atoms with E-state index >= 15 is 0 Å². The van der Waals surface area contributed by atoms with Crippen LogP contribution in [0.4, 0.5) is 0 Å². The lowest BCUT2D eigenvalue weighted by Crippen LogP contribution is -2.17. The van der Waals surface area contributed by atoms with Gasteiger partial charge in [-0.15, -0.1) is 0 Å². The fraction of sp³-hybridized carbons (Fsp3) is 0.286. The van der Waals surface area contributed by atoms with E-state index in [2.05, 4.69) is 4.98 Å². The number of aryl methyl sites for hydroxylation is 1. The highest BCUT2D eigenvalue weighted by Gasteiger charge is 2.23. The van der Waals surface area contributed by atoms with E-state index in [0.717, 1.165) is 54.3 Å². The van der Waals surface area contributed by atoms with Crippen molar-refractivity contribution in [2.75, 3.05) is 6.61 Å². The minimum atomic E-state index is -0.443. The monoisotopic (exact) mass is 348 g/mol. The van der Waals surface area contributed by atoms with E-state index in [4.69, 9.17) is 9.72 Å². The highest BCUT2D eigenvalue weighted by molar-refractivity contribution is 6.06. The molecule has 0 unspecified atom stereocenters. The number of carbonyl (C=O) groups excluding carboxylic acids is 2. The van der Waals surface area contributed by atoms with Crippen LogP contribution >= 0.6 is 0 Å². The Balaban J connectivity index is 1.68. The van der Waals surface area contributed by atoms with Crippen LogP contribution in [0.25, 0.3) is 10.9 Å². The van der Waals surface area contributed by atoms with Gasteiger partial charge in [-0.1, -0.05) is 24.6 Å². The van der Waals surface area contributed by atoms with Gasteiger partial charge in [0, 0.05) is 17.3 Å². The van der Waals surface area contributed by atoms with Gasteiger partial charge in [-0.3, -0.25) is 9.78 Å². The van der Waals surface area contributed by atoms with E-state index in [1.54, 1.807) is 18.3 Å². The first-order valence-electron chi connectivity index (χ1n) is 8.98. The molecule has 26 heavy (non-hydrogen) atoms. The highest BCUT2D eigenvalue weighted by atomic mass is 16.5. The van der Waals surface area contributed by atoms with Crippen LogP contribution in [0, 0.1) is 0 Å². The quantitative estimate of drug-likeness (QED) is 0.441. The maximum absolute atomic E-state index is 12.9. The minimum Gasteiger partial charge on any atom is -0.454 e. The number of hydrogen-bond acceptors (Lipinski definition) is 4. The molecule has 5 nitrogen and oxygen atoms in total. The Bertz CT molecular complexity index is 961. The fourth-order valence-corrected chi connectivity index (χ4v) is 3.57. The van der Waals surface area contributed by atoms with Crippen molar-refractivity contribution in [3.8, 4) is 0 Å². The van der Waals surface area contributed by atoms with Crippen LogP contribution in [-0.4, -0.2) is 28.3 Å². The highest BCUT2D eigenvalue weighted by Crippen LogP contribution is 2.29. The van der Waals surface area contributed by atoms with Gasteiger partial charge in [-0.05, 0) is 49.4 Å². The molecule has 0 aliphatic heterocycles. The van der Waals surface area contributed by atoms with Crippen molar-refractivity contribution in [3.05, 3.63) is 65.1 Å². The number of pyridine rings is 1. The normalized spacial score (nSPS) is 13.8. The van der Waals surface area contributed by atoms with Crippen molar-refractivity contribution >= 4 is 22.7 Å². The number of Topliss-reactive ketones (excluding diaryl/α,β-unsaturated/α-hetero) is 1. The summed E-state index contributed by atoms with van der Waals surface area (Å²) in [6.45, 7) is -0.273. The molecule has 3 aromatic rings. The van der Waals surface area contributed by atoms with Crippen molar-refractivity contribution in [3.63, 3.8) is 0 Å². The van der Waals surface area contributed by atoms with Crippen LogP contribution in [0.15, 0.2) is 42.6 Å². The van der Waals surface area contributed by atoms with Crippen molar-refractivity contribution in [2.24, 2.45) is 0 Å². The molecule has 0 spiro atoms. The molecule has 0 bridgehead atoms. The number of ketones is 1. The van der Waals surface area contributed by atoms with E-state index in [9.17, 15) is 9.59 Å². The van der Waals surface area contributed by atoms with Crippen molar-refractivity contribution in [2.45, 2.75) is 32.1 Å². The fourth-order valence-electron chi connectivity index (χ4n) is 3.57. The van der Waals surface area contributed by atoms with Crippen molar-refractivity contribution in [1.82, 2.24) is 9.97 Å². The van der Waals surface area contributed by atoms with Crippen LogP contribution < -0.4 is 0 Å². The predicted octanol–water partition coefficient (Wildman–Crippen LogP) is 3.87. The van der Waals surface area contributed by atoms with Gasteiger partial charge in [0.1, 0.15) is 0 Å². The average Bonchev–Trinajstić information content (AvgIpc) is 3.10. The van der Waals surface area contributed by atoms with Crippen LogP contribution in [0.1, 0.15) is 51.4 Å². The second kappa shape index (κ2) is 7.12. The van der Waals surface area contributed by atoms with Crippen molar-refractivity contribution < 1.29 is 14.3 Å². The van der Waals surface area contributed by atoms with Crippen LogP contribution in [-0.2, 0) is 17.6 Å². The standard InChI is InChI=1S/C21H20N2O3/c24-19(18-11-6-12-22-18)13-26-21(25)20-14-7-2-1-3-9-16(14)23-17-10-5-4-8-15(17)20/h4-6,8,10-12,22H,1-3,7,9,13H2. The first kappa shape index (κ1) is 16.5. The Hall–Kier alpha value is -2.95. The summed E-state index contributed by atoms with van der Waals surface area (Å²) in [4.78, 5) is 32.6. The third-order valence-electron chi connectivity index (χ3n) is 4.86. The lowest BCUT2D eigenvalue weighted by atomic mass is 9.97. The SMILES string of the molecule is O=C(COC(=O)c1c2c(nc3ccccc13)CCCCC2)c1ccc[nH]1. The molecule has 1 N–H and O–H groups in total. The molecular weight excluding hydrogens is 328 g/mol. The number of H-pyrrole nitrogens is 1. The zero-order valence-electron chi connectivity index (χ0n) is 14.5. The first-order valence-corrected chi connectivity index (χ1v) is 8.98. The van der Waals surface area contributed by atoms with E-state index in [1.165, 1.54) is 0 Å². The second-order valence-electron chi connectivity index (χ2n) is 6.57. The van der Waals surface area contributed by atoms with Crippen LogP contribution in [0.5, 0.6) is 0 Å². The number of para-hydroxylation sites is 1. The number of fused-ring (bicyclic) bond motifs is 2. The van der Waals surface area contributed by atoms with Gasteiger partial charge in [0.05, 0.1) is 16.8 Å². The Morgan fingerprint density at radius 1 is 1.04 bits per heavy atom. The third kappa shape index (κ3) is 3.12. The summed E-state index contributed by atoms with van der Waals surface area (Å²) in [5, 5.41) is 0.797. The maximum Gasteiger partial charge on any atom is 0.339 e. The summed E-state index contributed by atoms with van der Waals surface area (Å²) in [5.41, 5.74) is 3.79. The Morgan fingerprint density at radius 3 is 2.73 bits per heavy atom. The summed E-state index contributed by atoms with van der Waals surface area (Å²) in [6.07, 6.45) is 6.62. The van der Waals surface area contributed by atoms with Crippen molar-refractivity contribution in [1.29, 1.82) is 0 Å². The second-order valence-corrected chi connectivity index (χ2v) is 6.57. The number of aromatic amines is 1. The molecule has 0 fully saturated rings. The van der Waals surface area contributed by atoms with E-state index < -0.39 is 5.97 Å². The number of rotatable bonds is 4. The first-order chi connectivity index (χ1) is 12.7. The predicted molar refractivity (Wildman–Crippen MR) is 98.4 cm³/mol. The molecule has 0 saturated heterocycles. The van der Waals surface area contributed by atoms with Gasteiger partial charge in [0.15, 0.2) is 6.61 Å². The molecule has 0 amide bonds. The summed E-state index contributed by atoms with van der Waals surface area (Å²) < 4.78 is 5.39. The number of hydrogen-bond donors (Lipinski definition) is 1. The number of aromatic nitrogens is 2. The number of benzene rings is 1. The van der Waals surface area contributed by atoms with Gasteiger partial charge in [-0.2, -0.15) is 0 Å². The molecule has 132 valence electrons. The minimum absolute atomic E-state index is 0.243. The molecule has 0 saturated carbocycles. The van der Waals surface area contributed by atoms with Gasteiger partial charge in [-0.25, -0.2) is 4.79 Å². The number of nitrogens with zero attached hydrogens (tertiary/aromatic N) is 1. The molecule has 1 aliphatic carbocycles. The molecule has 4 rings (SSSR count). The Morgan fingerprint density at radius 2 is 1.88 bits per heavy atom. The number of carbonyl (C=O) groups is 2. The van der Waals surface area contributed by atoms with E-state index in [-0.39, 0.29) is 12.4 Å². The van der Waals surface area contributed by atoms with E-state index in [1.807, 2.05) is 24.3 Å². The number of ether oxygens (including phenoxy) is 1. The smallest absolute Gasteiger partial charge is 0.339 e. The molecule has 0 radical (unpaired) electrons. The summed E-state index contributed by atoms with van der Waals surface area (Å²) in [5.74, 6) is -0.686. The topological polar surface area (TPSA) is 72.1 Å². The molecule has 2 heterocycles. The lowest BCUT2D eigenvalue weighted by molar-refractivity contribution is 0.0474. The summed E-state index contributed by atoms with van der Waals surface area (Å²) >= 11 is 0. The Kier molecular flexibility index (Phi) is 4.52. The van der Waals surface area contributed by atoms with Gasteiger partial charge in [0.2, 0.25) is 5.78 Å². The van der Waals surface area contributed by atoms with Crippen LogP contribution in [0.3, 0.4) is 0 Å². The van der Waals surface area contributed by atoms with Gasteiger partial charge in [0.25, 0.3) is 0 Å². The van der Waals surface area contributed by atoms with Gasteiger partial charge >= 0.3 is 5.97 Å². The maximum atomic E-state index is 12.9. The lowest BCUT2D eigenvalue weighted by Gasteiger charge is -2.14. The Labute approximate surface area is 151 Å². The zero-order valence-corrected chi connectivity index (χ0v) is 14.5. The molecular formula is C21H20N2O3. The number of nitrogens with one attached hydrogen (secondary N) is 1. The third-order valence-corrected chi connectivity index (χ3v) is 4.86.